The van der Waals surface area contributed by atoms with Crippen molar-refractivity contribution in [1.29, 1.82) is 0 Å². The zero-order chi connectivity index (χ0) is 15.6. The van der Waals surface area contributed by atoms with Gasteiger partial charge in [-0.05, 0) is 13.8 Å². The van der Waals surface area contributed by atoms with Crippen LogP contribution >= 0.6 is 0 Å². The molecule has 2 aromatic rings. The Bertz CT molecular complexity index is 683. The maximum Gasteiger partial charge on any atom is 0.373 e. The predicted molar refractivity (Wildman–Crippen MR) is 74.6 cm³/mol. The SMILES string of the molecule is COC(=O)c1cc2c(OC(C)C)cc(OC(C)=O)cc2o1. The van der Waals surface area contributed by atoms with E-state index in [1.54, 1.807) is 6.07 Å². The molecule has 0 bridgehead atoms. The highest BCUT2D eigenvalue weighted by Gasteiger charge is 2.18. The Morgan fingerprint density at radius 1 is 1.19 bits per heavy atom. The van der Waals surface area contributed by atoms with Crippen molar-refractivity contribution in [3.63, 3.8) is 0 Å². The van der Waals surface area contributed by atoms with Crippen LogP contribution in [0.1, 0.15) is 31.3 Å². The van der Waals surface area contributed by atoms with Crippen molar-refractivity contribution in [1.82, 2.24) is 0 Å². The summed E-state index contributed by atoms with van der Waals surface area (Å²) in [7, 11) is 1.27. The van der Waals surface area contributed by atoms with Crippen LogP contribution in [-0.4, -0.2) is 25.2 Å². The Balaban J connectivity index is 2.55. The smallest absolute Gasteiger partial charge is 0.373 e. The molecule has 1 aromatic heterocycles. The van der Waals surface area contributed by atoms with E-state index < -0.39 is 11.9 Å². The standard InChI is InChI=1S/C15H16O6/c1-8(2)19-12-5-10(20-9(3)16)6-13-11(12)7-14(21-13)15(17)18-4/h5-8H,1-4H3. The van der Waals surface area contributed by atoms with Gasteiger partial charge in [0.25, 0.3) is 0 Å². The summed E-state index contributed by atoms with van der Waals surface area (Å²) in [6.45, 7) is 5.03. The van der Waals surface area contributed by atoms with E-state index in [1.807, 2.05) is 13.8 Å². The minimum absolute atomic E-state index is 0.0566. The summed E-state index contributed by atoms with van der Waals surface area (Å²) in [5.41, 5.74) is 0.379. The molecule has 0 saturated carbocycles. The highest BCUT2D eigenvalue weighted by atomic mass is 16.5. The van der Waals surface area contributed by atoms with Gasteiger partial charge in [0.2, 0.25) is 5.76 Å². The van der Waals surface area contributed by atoms with Crippen molar-refractivity contribution in [2.75, 3.05) is 7.11 Å². The highest BCUT2D eigenvalue weighted by molar-refractivity contribution is 5.95. The van der Waals surface area contributed by atoms with Gasteiger partial charge in [-0.2, -0.15) is 0 Å². The molecule has 21 heavy (non-hydrogen) atoms. The number of rotatable bonds is 4. The van der Waals surface area contributed by atoms with Crippen LogP contribution in [0.25, 0.3) is 11.0 Å². The van der Waals surface area contributed by atoms with Gasteiger partial charge in [-0.15, -0.1) is 0 Å². The Kier molecular flexibility index (Phi) is 4.16. The van der Waals surface area contributed by atoms with E-state index in [1.165, 1.54) is 26.2 Å². The van der Waals surface area contributed by atoms with Crippen LogP contribution < -0.4 is 9.47 Å². The van der Waals surface area contributed by atoms with Crippen molar-refractivity contribution in [3.8, 4) is 11.5 Å². The second-order valence-corrected chi connectivity index (χ2v) is 4.70. The van der Waals surface area contributed by atoms with Crippen molar-refractivity contribution in [2.24, 2.45) is 0 Å². The van der Waals surface area contributed by atoms with E-state index in [4.69, 9.17) is 13.9 Å². The monoisotopic (exact) mass is 292 g/mol. The Morgan fingerprint density at radius 2 is 1.90 bits per heavy atom. The number of hydrogen-bond acceptors (Lipinski definition) is 6. The molecule has 0 radical (unpaired) electrons. The second-order valence-electron chi connectivity index (χ2n) is 4.70. The lowest BCUT2D eigenvalue weighted by Crippen LogP contribution is -2.07. The van der Waals surface area contributed by atoms with Gasteiger partial charge >= 0.3 is 11.9 Å². The topological polar surface area (TPSA) is 75.0 Å². The molecular weight excluding hydrogens is 276 g/mol. The van der Waals surface area contributed by atoms with Crippen LogP contribution in [-0.2, 0) is 9.53 Å². The van der Waals surface area contributed by atoms with E-state index in [2.05, 4.69) is 4.74 Å². The first kappa shape index (κ1) is 14.9. The van der Waals surface area contributed by atoms with E-state index >= 15 is 0 Å². The summed E-state index contributed by atoms with van der Waals surface area (Å²) < 4.78 is 20.8. The number of methoxy groups -OCH3 is 1. The molecule has 0 unspecified atom stereocenters. The average Bonchev–Trinajstić information content (AvgIpc) is 2.80. The van der Waals surface area contributed by atoms with E-state index in [-0.39, 0.29) is 17.6 Å². The van der Waals surface area contributed by atoms with Crippen LogP contribution in [0.5, 0.6) is 11.5 Å². The zero-order valence-electron chi connectivity index (χ0n) is 12.3. The minimum Gasteiger partial charge on any atom is -0.490 e. The third kappa shape index (κ3) is 3.34. The van der Waals surface area contributed by atoms with Gasteiger partial charge in [0.1, 0.15) is 17.1 Å². The molecule has 2 rings (SSSR count). The Hall–Kier alpha value is -2.50. The number of hydrogen-bond donors (Lipinski definition) is 0. The number of carbonyl (C=O) groups excluding carboxylic acids is 2. The maximum atomic E-state index is 11.5. The number of carbonyl (C=O) groups is 2. The van der Waals surface area contributed by atoms with Crippen LogP contribution in [0.3, 0.4) is 0 Å². The fraction of sp³-hybridized carbons (Fsp3) is 0.333. The number of furan rings is 1. The van der Waals surface area contributed by atoms with E-state index in [0.29, 0.717) is 16.7 Å². The van der Waals surface area contributed by atoms with Gasteiger partial charge in [0, 0.05) is 25.1 Å². The van der Waals surface area contributed by atoms with Crippen LogP contribution in [0.4, 0.5) is 0 Å². The molecule has 0 atom stereocenters. The maximum absolute atomic E-state index is 11.5. The van der Waals surface area contributed by atoms with E-state index in [0.717, 1.165) is 0 Å². The molecule has 0 aliphatic rings. The third-order valence-electron chi connectivity index (χ3n) is 2.58. The summed E-state index contributed by atoms with van der Waals surface area (Å²) >= 11 is 0. The van der Waals surface area contributed by atoms with Gasteiger partial charge in [0.05, 0.1) is 18.6 Å². The molecule has 0 aliphatic carbocycles. The first-order valence-corrected chi connectivity index (χ1v) is 6.41. The largest absolute Gasteiger partial charge is 0.490 e. The Labute approximate surface area is 121 Å². The summed E-state index contributed by atoms with van der Waals surface area (Å²) in [6, 6.07) is 4.65. The van der Waals surface area contributed by atoms with Crippen LogP contribution in [0, 0.1) is 0 Å². The lowest BCUT2D eigenvalue weighted by Gasteiger charge is -2.11. The molecule has 0 amide bonds. The van der Waals surface area contributed by atoms with Gasteiger partial charge < -0.3 is 18.6 Å². The molecule has 0 N–H and O–H groups in total. The van der Waals surface area contributed by atoms with Gasteiger partial charge in [-0.1, -0.05) is 0 Å². The second kappa shape index (κ2) is 5.87. The molecule has 1 heterocycles. The fourth-order valence-electron chi connectivity index (χ4n) is 1.86. The van der Waals surface area contributed by atoms with Crippen molar-refractivity contribution < 1.29 is 28.2 Å². The molecule has 112 valence electrons. The summed E-state index contributed by atoms with van der Waals surface area (Å²) in [6.07, 6.45) is -0.0859. The van der Waals surface area contributed by atoms with Gasteiger partial charge in [0.15, 0.2) is 0 Å². The number of fused-ring (bicyclic) bond motifs is 1. The number of benzene rings is 1. The first-order chi connectivity index (χ1) is 9.90. The minimum atomic E-state index is -0.587. The molecule has 6 heteroatoms. The number of ether oxygens (including phenoxy) is 3. The molecule has 0 spiro atoms. The summed E-state index contributed by atoms with van der Waals surface area (Å²) in [5.74, 6) is -0.226. The average molecular weight is 292 g/mol. The fourth-order valence-corrected chi connectivity index (χ4v) is 1.86. The highest BCUT2D eigenvalue weighted by Crippen LogP contribution is 2.34. The summed E-state index contributed by atoms with van der Waals surface area (Å²) in [5, 5.41) is 0.611. The quantitative estimate of drug-likeness (QED) is 0.637. The third-order valence-corrected chi connectivity index (χ3v) is 2.58. The molecular formula is C15H16O6. The predicted octanol–water partition coefficient (Wildman–Crippen LogP) is 2.93. The van der Waals surface area contributed by atoms with E-state index in [9.17, 15) is 9.59 Å². The van der Waals surface area contributed by atoms with Crippen molar-refractivity contribution >= 4 is 22.9 Å². The molecule has 0 saturated heterocycles. The van der Waals surface area contributed by atoms with Crippen molar-refractivity contribution in [3.05, 3.63) is 24.0 Å². The van der Waals surface area contributed by atoms with Crippen LogP contribution in [0.15, 0.2) is 22.6 Å². The lowest BCUT2D eigenvalue weighted by atomic mass is 10.2. The molecule has 0 fully saturated rings. The van der Waals surface area contributed by atoms with Gasteiger partial charge in [-0.25, -0.2) is 4.79 Å². The zero-order valence-corrected chi connectivity index (χ0v) is 12.3. The first-order valence-electron chi connectivity index (χ1n) is 6.41. The lowest BCUT2D eigenvalue weighted by molar-refractivity contribution is -0.131. The van der Waals surface area contributed by atoms with Gasteiger partial charge in [-0.3, -0.25) is 4.79 Å². The Morgan fingerprint density at radius 3 is 2.48 bits per heavy atom. The summed E-state index contributed by atoms with van der Waals surface area (Å²) in [4.78, 5) is 22.6. The normalized spacial score (nSPS) is 10.7. The number of esters is 2. The molecule has 0 aliphatic heterocycles. The molecule has 6 nitrogen and oxygen atoms in total. The molecule has 1 aromatic carbocycles. The van der Waals surface area contributed by atoms with Crippen molar-refractivity contribution in [2.45, 2.75) is 26.9 Å². The van der Waals surface area contributed by atoms with Crippen LogP contribution in [0.2, 0.25) is 0 Å².